The van der Waals surface area contributed by atoms with Gasteiger partial charge in [-0.05, 0) is 6.07 Å². The van der Waals surface area contributed by atoms with Gasteiger partial charge in [-0.1, -0.05) is 11.6 Å². The van der Waals surface area contributed by atoms with E-state index in [4.69, 9.17) is 26.1 Å². The second kappa shape index (κ2) is 4.87. The second-order valence-electron chi connectivity index (χ2n) is 4.47. The first kappa shape index (κ1) is 12.5. The number of methoxy groups -OCH3 is 1. The molecule has 0 saturated heterocycles. The van der Waals surface area contributed by atoms with Crippen LogP contribution >= 0.6 is 11.6 Å². The van der Waals surface area contributed by atoms with Gasteiger partial charge in [0.25, 0.3) is 0 Å². The third kappa shape index (κ3) is 2.01. The van der Waals surface area contributed by atoms with E-state index >= 15 is 0 Å². The highest BCUT2D eigenvalue weighted by Crippen LogP contribution is 2.36. The largest absolute Gasteiger partial charge is 0.495 e. The van der Waals surface area contributed by atoms with Crippen LogP contribution in [0.1, 0.15) is 11.3 Å². The Hall–Kier alpha value is -1.52. The van der Waals surface area contributed by atoms with E-state index in [1.807, 2.05) is 19.2 Å². The van der Waals surface area contributed by atoms with Gasteiger partial charge in [0.15, 0.2) is 0 Å². The molecular weight excluding hydrogens is 264 g/mol. The minimum Gasteiger partial charge on any atom is -0.495 e. The number of hydrogen-bond donors (Lipinski definition) is 1. The van der Waals surface area contributed by atoms with Gasteiger partial charge in [-0.2, -0.15) is 0 Å². The summed E-state index contributed by atoms with van der Waals surface area (Å²) in [4.78, 5) is 4.72. The van der Waals surface area contributed by atoms with Gasteiger partial charge in [0.2, 0.25) is 0 Å². The van der Waals surface area contributed by atoms with Crippen molar-refractivity contribution in [3.8, 4) is 5.75 Å². The molecule has 3 rings (SSSR count). The summed E-state index contributed by atoms with van der Waals surface area (Å²) in [6, 6.07) is 3.78. The van der Waals surface area contributed by atoms with Gasteiger partial charge in [0.05, 0.1) is 42.2 Å². The van der Waals surface area contributed by atoms with Gasteiger partial charge in [-0.3, -0.25) is 4.98 Å². The maximum atomic E-state index is 6.20. The zero-order valence-electron chi connectivity index (χ0n) is 10.9. The SMILES string of the molecule is CNc1c2c(nc3cc(OC)c(Cl)cc13)CCOC2. The van der Waals surface area contributed by atoms with Crippen LogP contribution in [0.2, 0.25) is 5.02 Å². The Morgan fingerprint density at radius 2 is 2.26 bits per heavy atom. The van der Waals surface area contributed by atoms with Gasteiger partial charge >= 0.3 is 0 Å². The van der Waals surface area contributed by atoms with E-state index in [1.165, 1.54) is 0 Å². The number of hydrogen-bond acceptors (Lipinski definition) is 4. The van der Waals surface area contributed by atoms with Crippen LogP contribution < -0.4 is 10.1 Å². The van der Waals surface area contributed by atoms with Crippen molar-refractivity contribution in [2.45, 2.75) is 13.0 Å². The molecule has 5 heteroatoms. The van der Waals surface area contributed by atoms with E-state index in [2.05, 4.69) is 5.32 Å². The predicted molar refractivity (Wildman–Crippen MR) is 76.2 cm³/mol. The molecule has 0 aliphatic carbocycles. The molecular formula is C14H15ClN2O2. The zero-order chi connectivity index (χ0) is 13.4. The Bertz CT molecular complexity index is 643. The maximum absolute atomic E-state index is 6.20. The Morgan fingerprint density at radius 1 is 1.42 bits per heavy atom. The van der Waals surface area contributed by atoms with E-state index in [-0.39, 0.29) is 0 Å². The summed E-state index contributed by atoms with van der Waals surface area (Å²) < 4.78 is 10.8. The Labute approximate surface area is 116 Å². The number of rotatable bonds is 2. The molecule has 0 bridgehead atoms. The average molecular weight is 279 g/mol. The van der Waals surface area contributed by atoms with E-state index in [0.717, 1.165) is 40.9 Å². The van der Waals surface area contributed by atoms with E-state index in [1.54, 1.807) is 7.11 Å². The van der Waals surface area contributed by atoms with E-state index in [9.17, 15) is 0 Å². The quantitative estimate of drug-likeness (QED) is 0.917. The highest BCUT2D eigenvalue weighted by atomic mass is 35.5. The standard InChI is InChI=1S/C14H15ClN2O2/c1-16-14-8-5-10(15)13(18-2)6-12(8)17-11-3-4-19-7-9(11)14/h5-6H,3-4,7H2,1-2H3,(H,16,17). The van der Waals surface area contributed by atoms with Gasteiger partial charge in [-0.25, -0.2) is 0 Å². The summed E-state index contributed by atoms with van der Waals surface area (Å²) in [5, 5.41) is 4.83. The fraction of sp³-hybridized carbons (Fsp3) is 0.357. The van der Waals surface area contributed by atoms with Gasteiger partial charge in [-0.15, -0.1) is 0 Å². The van der Waals surface area contributed by atoms with Crippen LogP contribution in [-0.2, 0) is 17.8 Å². The minimum atomic E-state index is 0.588. The maximum Gasteiger partial charge on any atom is 0.139 e. The molecule has 0 unspecified atom stereocenters. The molecule has 4 nitrogen and oxygen atoms in total. The number of ether oxygens (including phenoxy) is 2. The van der Waals surface area contributed by atoms with Crippen LogP contribution in [-0.4, -0.2) is 25.7 Å². The lowest BCUT2D eigenvalue weighted by Crippen LogP contribution is -2.14. The van der Waals surface area contributed by atoms with Crippen LogP contribution in [0.4, 0.5) is 5.69 Å². The lowest BCUT2D eigenvalue weighted by atomic mass is 10.0. The fourth-order valence-corrected chi connectivity index (χ4v) is 2.74. The minimum absolute atomic E-state index is 0.588. The van der Waals surface area contributed by atoms with Gasteiger partial charge < -0.3 is 14.8 Å². The van der Waals surface area contributed by atoms with Crippen LogP contribution in [0.25, 0.3) is 10.9 Å². The monoisotopic (exact) mass is 278 g/mol. The van der Waals surface area contributed by atoms with Crippen molar-refractivity contribution in [2.24, 2.45) is 0 Å². The van der Waals surface area contributed by atoms with Crippen molar-refractivity contribution in [1.29, 1.82) is 0 Å². The van der Waals surface area contributed by atoms with Crippen LogP contribution in [0.5, 0.6) is 5.75 Å². The first-order valence-electron chi connectivity index (χ1n) is 6.19. The first-order valence-corrected chi connectivity index (χ1v) is 6.57. The Morgan fingerprint density at radius 3 is 3.00 bits per heavy atom. The highest BCUT2D eigenvalue weighted by molar-refractivity contribution is 6.33. The van der Waals surface area contributed by atoms with Gasteiger partial charge in [0.1, 0.15) is 5.75 Å². The molecule has 1 aromatic heterocycles. The van der Waals surface area contributed by atoms with Crippen LogP contribution in [0.3, 0.4) is 0 Å². The number of nitrogens with one attached hydrogen (secondary N) is 1. The number of halogens is 1. The molecule has 1 aliphatic heterocycles. The second-order valence-corrected chi connectivity index (χ2v) is 4.88. The molecule has 2 aromatic rings. The number of pyridine rings is 1. The molecule has 100 valence electrons. The van der Waals surface area contributed by atoms with Crippen LogP contribution in [0, 0.1) is 0 Å². The third-order valence-electron chi connectivity index (χ3n) is 3.42. The number of anilines is 1. The predicted octanol–water partition coefficient (Wildman–Crippen LogP) is 3.01. The summed E-state index contributed by atoms with van der Waals surface area (Å²) in [6.07, 6.45) is 0.838. The lowest BCUT2D eigenvalue weighted by molar-refractivity contribution is 0.110. The lowest BCUT2D eigenvalue weighted by Gasteiger charge is -2.21. The Kier molecular flexibility index (Phi) is 3.21. The normalized spacial score (nSPS) is 14.3. The number of benzene rings is 1. The summed E-state index contributed by atoms with van der Waals surface area (Å²) in [5.74, 6) is 0.649. The number of aromatic nitrogens is 1. The molecule has 0 saturated carbocycles. The molecule has 0 spiro atoms. The first-order chi connectivity index (χ1) is 9.24. The number of nitrogens with zero attached hydrogens (tertiary/aromatic N) is 1. The molecule has 1 aromatic carbocycles. The molecule has 1 aliphatic rings. The average Bonchev–Trinajstić information content (AvgIpc) is 2.44. The van der Waals surface area contributed by atoms with Crippen molar-refractivity contribution in [3.63, 3.8) is 0 Å². The molecule has 0 atom stereocenters. The fourth-order valence-electron chi connectivity index (χ4n) is 2.50. The summed E-state index contributed by atoms with van der Waals surface area (Å²) in [7, 11) is 3.51. The molecule has 2 heterocycles. The molecule has 0 fully saturated rings. The molecule has 0 radical (unpaired) electrons. The number of fused-ring (bicyclic) bond motifs is 2. The molecule has 0 amide bonds. The topological polar surface area (TPSA) is 43.4 Å². The van der Waals surface area contributed by atoms with Crippen molar-refractivity contribution in [2.75, 3.05) is 26.1 Å². The van der Waals surface area contributed by atoms with Crippen molar-refractivity contribution >= 4 is 28.2 Å². The summed E-state index contributed by atoms with van der Waals surface area (Å²) in [5.41, 5.74) is 4.16. The van der Waals surface area contributed by atoms with Crippen LogP contribution in [0.15, 0.2) is 12.1 Å². The summed E-state index contributed by atoms with van der Waals surface area (Å²) in [6.45, 7) is 1.32. The summed E-state index contributed by atoms with van der Waals surface area (Å²) >= 11 is 6.20. The van der Waals surface area contributed by atoms with Gasteiger partial charge in [0, 0.05) is 30.5 Å². The Balaban J connectivity index is 2.33. The van der Waals surface area contributed by atoms with E-state index < -0.39 is 0 Å². The van der Waals surface area contributed by atoms with E-state index in [0.29, 0.717) is 17.4 Å². The molecule has 19 heavy (non-hydrogen) atoms. The van der Waals surface area contributed by atoms with Crippen molar-refractivity contribution in [3.05, 3.63) is 28.4 Å². The third-order valence-corrected chi connectivity index (χ3v) is 3.72. The smallest absolute Gasteiger partial charge is 0.139 e. The van der Waals surface area contributed by atoms with Crippen molar-refractivity contribution < 1.29 is 9.47 Å². The highest BCUT2D eigenvalue weighted by Gasteiger charge is 2.19. The zero-order valence-corrected chi connectivity index (χ0v) is 11.7. The van der Waals surface area contributed by atoms with Crippen molar-refractivity contribution in [1.82, 2.24) is 4.98 Å². The molecule has 1 N–H and O–H groups in total.